The number of hydrogen-bond donors (Lipinski definition) is 1. The van der Waals surface area contributed by atoms with E-state index in [-0.39, 0.29) is 18.4 Å². The molecule has 4 rings (SSSR count). The van der Waals surface area contributed by atoms with Gasteiger partial charge in [-0.2, -0.15) is 4.98 Å². The quantitative estimate of drug-likeness (QED) is 0.671. The van der Waals surface area contributed by atoms with E-state index in [0.717, 1.165) is 24.7 Å². The Bertz CT molecular complexity index is 981. The van der Waals surface area contributed by atoms with Crippen molar-refractivity contribution in [1.29, 1.82) is 0 Å². The third-order valence-corrected chi connectivity index (χ3v) is 5.21. The normalized spacial score (nSPS) is 15.3. The molecule has 0 radical (unpaired) electrons. The molecule has 1 saturated heterocycles. The van der Waals surface area contributed by atoms with E-state index in [9.17, 15) is 13.6 Å². The second kappa shape index (κ2) is 9.13. The number of nitrogens with zero attached hydrogens (tertiary/aromatic N) is 3. The Morgan fingerprint density at radius 3 is 2.50 bits per heavy atom. The van der Waals surface area contributed by atoms with Gasteiger partial charge in [-0.1, -0.05) is 35.5 Å². The highest BCUT2D eigenvalue weighted by atomic mass is 19.1. The molecular formula is C22H22F2N4O2. The molecule has 0 aliphatic carbocycles. The van der Waals surface area contributed by atoms with E-state index < -0.39 is 11.6 Å². The largest absolute Gasteiger partial charge is 0.352 e. The first kappa shape index (κ1) is 20.2. The van der Waals surface area contributed by atoms with Crippen molar-refractivity contribution in [3.8, 4) is 11.4 Å². The molecule has 1 amide bonds. The lowest BCUT2D eigenvalue weighted by Gasteiger charge is -2.30. The SMILES string of the molecule is O=C(NCc1cc(F)cc(F)c1)C1CCN(Cc2nc(-c3ccccc3)no2)CC1. The van der Waals surface area contributed by atoms with Crippen LogP contribution in [0.15, 0.2) is 53.1 Å². The number of benzene rings is 2. The zero-order chi connectivity index (χ0) is 20.9. The summed E-state index contributed by atoms with van der Waals surface area (Å²) in [7, 11) is 0. The molecule has 6 nitrogen and oxygen atoms in total. The van der Waals surface area contributed by atoms with Gasteiger partial charge in [-0.05, 0) is 43.6 Å². The zero-order valence-corrected chi connectivity index (χ0v) is 16.4. The van der Waals surface area contributed by atoms with E-state index in [2.05, 4.69) is 20.4 Å². The van der Waals surface area contributed by atoms with Gasteiger partial charge in [0, 0.05) is 24.1 Å². The second-order valence-corrected chi connectivity index (χ2v) is 7.42. The van der Waals surface area contributed by atoms with Gasteiger partial charge in [0.25, 0.3) is 0 Å². The van der Waals surface area contributed by atoms with E-state index in [0.29, 0.717) is 36.7 Å². The number of nitrogens with one attached hydrogen (secondary N) is 1. The van der Waals surface area contributed by atoms with Crippen LogP contribution >= 0.6 is 0 Å². The van der Waals surface area contributed by atoms with Crippen molar-refractivity contribution >= 4 is 5.91 Å². The van der Waals surface area contributed by atoms with Gasteiger partial charge >= 0.3 is 0 Å². The number of halogens is 2. The van der Waals surface area contributed by atoms with E-state index in [1.165, 1.54) is 12.1 Å². The second-order valence-electron chi connectivity index (χ2n) is 7.42. The molecule has 0 unspecified atom stereocenters. The Morgan fingerprint density at radius 1 is 1.10 bits per heavy atom. The number of amides is 1. The first-order valence-corrected chi connectivity index (χ1v) is 9.90. The summed E-state index contributed by atoms with van der Waals surface area (Å²) in [5.41, 5.74) is 1.31. The maximum Gasteiger partial charge on any atom is 0.241 e. The molecule has 1 aliphatic heterocycles. The summed E-state index contributed by atoms with van der Waals surface area (Å²) in [6.45, 7) is 2.11. The highest BCUT2D eigenvalue weighted by Crippen LogP contribution is 2.21. The zero-order valence-electron chi connectivity index (χ0n) is 16.4. The first-order valence-electron chi connectivity index (χ1n) is 9.90. The third-order valence-electron chi connectivity index (χ3n) is 5.21. The summed E-state index contributed by atoms with van der Waals surface area (Å²) in [5, 5.41) is 6.81. The lowest BCUT2D eigenvalue weighted by molar-refractivity contribution is -0.126. The molecule has 0 bridgehead atoms. The molecule has 2 heterocycles. The first-order chi connectivity index (χ1) is 14.6. The van der Waals surface area contributed by atoms with Crippen molar-refractivity contribution in [2.24, 2.45) is 5.92 Å². The highest BCUT2D eigenvalue weighted by molar-refractivity contribution is 5.78. The van der Waals surface area contributed by atoms with E-state index in [1.807, 2.05) is 30.3 Å². The van der Waals surface area contributed by atoms with Crippen LogP contribution in [0.1, 0.15) is 24.3 Å². The molecule has 0 spiro atoms. The van der Waals surface area contributed by atoms with Crippen LogP contribution in [-0.2, 0) is 17.9 Å². The van der Waals surface area contributed by atoms with Gasteiger partial charge in [0.15, 0.2) is 0 Å². The molecule has 0 atom stereocenters. The van der Waals surface area contributed by atoms with Crippen LogP contribution in [0.25, 0.3) is 11.4 Å². The van der Waals surface area contributed by atoms with Crippen LogP contribution in [-0.4, -0.2) is 34.0 Å². The average molecular weight is 412 g/mol. The Morgan fingerprint density at radius 2 is 1.80 bits per heavy atom. The molecule has 1 N–H and O–H groups in total. The maximum atomic E-state index is 13.3. The summed E-state index contributed by atoms with van der Waals surface area (Å²) >= 11 is 0. The summed E-state index contributed by atoms with van der Waals surface area (Å²) < 4.78 is 31.9. The minimum Gasteiger partial charge on any atom is -0.352 e. The maximum absolute atomic E-state index is 13.3. The molecule has 3 aromatic rings. The molecule has 1 aromatic heterocycles. The number of hydrogen-bond acceptors (Lipinski definition) is 5. The Labute approximate surface area is 172 Å². The van der Waals surface area contributed by atoms with Gasteiger partial charge in [-0.3, -0.25) is 9.69 Å². The molecule has 1 aliphatic rings. The lowest BCUT2D eigenvalue weighted by atomic mass is 9.96. The fraction of sp³-hybridized carbons (Fsp3) is 0.318. The molecule has 0 saturated carbocycles. The topological polar surface area (TPSA) is 71.3 Å². The summed E-state index contributed by atoms with van der Waals surface area (Å²) in [6, 6.07) is 12.9. The van der Waals surface area contributed by atoms with Crippen LogP contribution < -0.4 is 5.32 Å². The number of aromatic nitrogens is 2. The van der Waals surface area contributed by atoms with E-state index in [4.69, 9.17) is 4.52 Å². The molecule has 8 heteroatoms. The highest BCUT2D eigenvalue weighted by Gasteiger charge is 2.26. The minimum atomic E-state index is -0.649. The summed E-state index contributed by atoms with van der Waals surface area (Å²) in [6.07, 6.45) is 1.39. The van der Waals surface area contributed by atoms with Gasteiger partial charge in [-0.15, -0.1) is 0 Å². The molecular weight excluding hydrogens is 390 g/mol. The van der Waals surface area contributed by atoms with Crippen LogP contribution in [0, 0.1) is 17.6 Å². The van der Waals surface area contributed by atoms with Crippen molar-refractivity contribution < 1.29 is 18.1 Å². The molecule has 156 valence electrons. The Hall–Kier alpha value is -3.13. The van der Waals surface area contributed by atoms with Gasteiger partial charge in [0.2, 0.25) is 17.6 Å². The van der Waals surface area contributed by atoms with Crippen LogP contribution in [0.4, 0.5) is 8.78 Å². The number of carbonyl (C=O) groups is 1. The van der Waals surface area contributed by atoms with Crippen molar-refractivity contribution in [1.82, 2.24) is 20.4 Å². The number of carbonyl (C=O) groups excluding carboxylic acids is 1. The Kier molecular flexibility index (Phi) is 6.13. The van der Waals surface area contributed by atoms with Crippen molar-refractivity contribution in [3.05, 3.63) is 71.6 Å². The van der Waals surface area contributed by atoms with Crippen LogP contribution in [0.2, 0.25) is 0 Å². The van der Waals surface area contributed by atoms with Gasteiger partial charge < -0.3 is 9.84 Å². The van der Waals surface area contributed by atoms with Crippen molar-refractivity contribution in [2.45, 2.75) is 25.9 Å². The molecule has 2 aromatic carbocycles. The van der Waals surface area contributed by atoms with Crippen LogP contribution in [0.5, 0.6) is 0 Å². The van der Waals surface area contributed by atoms with E-state index >= 15 is 0 Å². The average Bonchev–Trinajstić information content (AvgIpc) is 3.21. The van der Waals surface area contributed by atoms with Crippen molar-refractivity contribution in [3.63, 3.8) is 0 Å². The van der Waals surface area contributed by atoms with Gasteiger partial charge in [0.1, 0.15) is 11.6 Å². The Balaban J connectivity index is 1.25. The minimum absolute atomic E-state index is 0.0940. The van der Waals surface area contributed by atoms with E-state index in [1.54, 1.807) is 0 Å². The monoisotopic (exact) mass is 412 g/mol. The number of rotatable bonds is 6. The summed E-state index contributed by atoms with van der Waals surface area (Å²) in [4.78, 5) is 19.0. The van der Waals surface area contributed by atoms with Gasteiger partial charge in [0.05, 0.1) is 6.54 Å². The molecule has 30 heavy (non-hydrogen) atoms. The predicted octanol–water partition coefficient (Wildman–Crippen LogP) is 3.54. The van der Waals surface area contributed by atoms with Gasteiger partial charge in [-0.25, -0.2) is 8.78 Å². The standard InChI is InChI=1S/C22H22F2N4O2/c23-18-10-15(11-19(24)12-18)13-25-22(29)17-6-8-28(9-7-17)14-20-26-21(27-30-20)16-4-2-1-3-5-16/h1-5,10-12,17H,6-9,13-14H2,(H,25,29). The fourth-order valence-corrected chi connectivity index (χ4v) is 3.61. The molecule has 1 fully saturated rings. The third kappa shape index (κ3) is 5.07. The lowest BCUT2D eigenvalue weighted by Crippen LogP contribution is -2.40. The fourth-order valence-electron chi connectivity index (χ4n) is 3.61. The number of piperidine rings is 1. The smallest absolute Gasteiger partial charge is 0.241 e. The van der Waals surface area contributed by atoms with Crippen molar-refractivity contribution in [2.75, 3.05) is 13.1 Å². The van der Waals surface area contributed by atoms with Crippen LogP contribution in [0.3, 0.4) is 0 Å². The summed E-state index contributed by atoms with van der Waals surface area (Å²) in [5.74, 6) is -0.405. The predicted molar refractivity (Wildman–Crippen MR) is 106 cm³/mol. The number of likely N-dealkylation sites (tertiary alicyclic amines) is 1.